The Morgan fingerprint density at radius 1 is 1.22 bits per heavy atom. The minimum Gasteiger partial charge on any atom is -0.508 e. The Bertz CT molecular complexity index is 379. The van der Waals surface area contributed by atoms with Crippen LogP contribution in [0.15, 0.2) is 24.3 Å². The van der Waals surface area contributed by atoms with Crippen LogP contribution in [-0.2, 0) is 4.74 Å². The first kappa shape index (κ1) is 13.1. The number of rotatable bonds is 3. The van der Waals surface area contributed by atoms with Gasteiger partial charge in [-0.05, 0) is 24.3 Å². The van der Waals surface area contributed by atoms with E-state index in [0.29, 0.717) is 5.75 Å². The monoisotopic (exact) mass is 256 g/mol. The van der Waals surface area contributed by atoms with E-state index in [1.807, 2.05) is 0 Å². The molecule has 100 valence electrons. The lowest BCUT2D eigenvalue weighted by Gasteiger charge is -2.36. The van der Waals surface area contributed by atoms with E-state index in [1.54, 1.807) is 12.1 Å². The Hall–Kier alpha value is -1.34. The van der Waals surface area contributed by atoms with Gasteiger partial charge in [0.05, 0.1) is 12.7 Å². The van der Waals surface area contributed by atoms with E-state index in [2.05, 4.69) is 0 Å². The molecule has 1 saturated heterocycles. The molecule has 1 heterocycles. The molecule has 6 heteroatoms. The lowest BCUT2D eigenvalue weighted by Crippen LogP contribution is -2.51. The fourth-order valence-electron chi connectivity index (χ4n) is 1.82. The molecular weight excluding hydrogens is 240 g/mol. The zero-order valence-electron chi connectivity index (χ0n) is 9.64. The van der Waals surface area contributed by atoms with Gasteiger partial charge in [0.25, 0.3) is 0 Å². The highest BCUT2D eigenvalue weighted by molar-refractivity contribution is 5.30. The molecule has 0 bridgehead atoms. The predicted molar refractivity (Wildman–Crippen MR) is 61.1 cm³/mol. The average Bonchev–Trinajstić information content (AvgIpc) is 2.36. The van der Waals surface area contributed by atoms with Gasteiger partial charge in [0, 0.05) is 6.42 Å². The Kier molecular flexibility index (Phi) is 4.03. The third-order valence-electron chi connectivity index (χ3n) is 2.82. The largest absolute Gasteiger partial charge is 0.508 e. The van der Waals surface area contributed by atoms with Crippen LogP contribution in [0.2, 0.25) is 0 Å². The summed E-state index contributed by atoms with van der Waals surface area (Å²) in [4.78, 5) is 0. The summed E-state index contributed by atoms with van der Waals surface area (Å²) in [7, 11) is 0. The molecular formula is C12H16O6. The molecule has 1 aromatic rings. The number of hydrogen-bond acceptors (Lipinski definition) is 6. The van der Waals surface area contributed by atoms with Crippen LogP contribution in [0, 0.1) is 0 Å². The maximum absolute atomic E-state index is 9.61. The second-order valence-electron chi connectivity index (χ2n) is 4.19. The van der Waals surface area contributed by atoms with Gasteiger partial charge in [0.2, 0.25) is 6.29 Å². The standard InChI is InChI=1S/C12H16O6/c13-6-10-12(16)9(15)5-11(18-10)17-8-3-1-7(14)2-4-8/h1-4,9-16H,5-6H2/t9?,10?,11-,12-/m0/s1. The Labute approximate surface area is 104 Å². The van der Waals surface area contributed by atoms with E-state index in [-0.39, 0.29) is 12.2 Å². The Morgan fingerprint density at radius 3 is 2.50 bits per heavy atom. The van der Waals surface area contributed by atoms with Gasteiger partial charge in [0.1, 0.15) is 23.7 Å². The van der Waals surface area contributed by atoms with Gasteiger partial charge in [-0.2, -0.15) is 0 Å². The first-order valence-electron chi connectivity index (χ1n) is 5.68. The zero-order valence-corrected chi connectivity index (χ0v) is 9.64. The molecule has 1 aliphatic heterocycles. The molecule has 0 aliphatic carbocycles. The average molecular weight is 256 g/mol. The Morgan fingerprint density at radius 2 is 1.89 bits per heavy atom. The van der Waals surface area contributed by atoms with Crippen molar-refractivity contribution in [3.05, 3.63) is 24.3 Å². The van der Waals surface area contributed by atoms with Gasteiger partial charge in [0.15, 0.2) is 0 Å². The van der Waals surface area contributed by atoms with Gasteiger partial charge in [-0.1, -0.05) is 0 Å². The normalized spacial score (nSPS) is 32.2. The lowest BCUT2D eigenvalue weighted by molar-refractivity contribution is -0.229. The number of ether oxygens (including phenoxy) is 2. The molecule has 1 fully saturated rings. The summed E-state index contributed by atoms with van der Waals surface area (Å²) in [6, 6.07) is 6.05. The number of phenols is 1. The van der Waals surface area contributed by atoms with Crippen molar-refractivity contribution in [3.8, 4) is 11.5 Å². The SMILES string of the molecule is OCC1O[C@H](Oc2ccc(O)cc2)CC(O)[C@@H]1O. The van der Waals surface area contributed by atoms with E-state index < -0.39 is 31.2 Å². The predicted octanol–water partition coefficient (Wildman–Crippen LogP) is -0.400. The van der Waals surface area contributed by atoms with Crippen molar-refractivity contribution in [1.82, 2.24) is 0 Å². The highest BCUT2D eigenvalue weighted by atomic mass is 16.7. The van der Waals surface area contributed by atoms with Crippen LogP contribution in [0.3, 0.4) is 0 Å². The molecule has 6 nitrogen and oxygen atoms in total. The van der Waals surface area contributed by atoms with Crippen LogP contribution in [0.25, 0.3) is 0 Å². The molecule has 1 aliphatic rings. The number of aromatic hydroxyl groups is 1. The molecule has 2 unspecified atom stereocenters. The molecule has 0 aromatic heterocycles. The lowest BCUT2D eigenvalue weighted by atomic mass is 10.0. The maximum atomic E-state index is 9.61. The zero-order chi connectivity index (χ0) is 13.1. The van der Waals surface area contributed by atoms with E-state index in [1.165, 1.54) is 12.1 Å². The van der Waals surface area contributed by atoms with Gasteiger partial charge >= 0.3 is 0 Å². The summed E-state index contributed by atoms with van der Waals surface area (Å²) < 4.78 is 10.8. The van der Waals surface area contributed by atoms with Crippen molar-refractivity contribution < 1.29 is 29.9 Å². The van der Waals surface area contributed by atoms with Crippen LogP contribution in [-0.4, -0.2) is 51.6 Å². The molecule has 2 rings (SSSR count). The summed E-state index contributed by atoms with van der Waals surface area (Å²) in [5.41, 5.74) is 0. The van der Waals surface area contributed by atoms with Gasteiger partial charge in [-0.15, -0.1) is 0 Å². The van der Waals surface area contributed by atoms with E-state index in [0.717, 1.165) is 0 Å². The second-order valence-corrected chi connectivity index (χ2v) is 4.19. The van der Waals surface area contributed by atoms with Gasteiger partial charge < -0.3 is 29.9 Å². The van der Waals surface area contributed by atoms with Crippen LogP contribution in [0.1, 0.15) is 6.42 Å². The molecule has 4 N–H and O–H groups in total. The second kappa shape index (κ2) is 5.53. The number of hydrogen-bond donors (Lipinski definition) is 4. The van der Waals surface area contributed by atoms with Gasteiger partial charge in [-0.3, -0.25) is 0 Å². The molecule has 1 aromatic carbocycles. The fourth-order valence-corrected chi connectivity index (χ4v) is 1.82. The topological polar surface area (TPSA) is 99.4 Å². The summed E-state index contributed by atoms with van der Waals surface area (Å²) in [5.74, 6) is 0.591. The van der Waals surface area contributed by atoms with Crippen LogP contribution >= 0.6 is 0 Å². The first-order valence-corrected chi connectivity index (χ1v) is 5.68. The van der Waals surface area contributed by atoms with Crippen molar-refractivity contribution in [2.24, 2.45) is 0 Å². The summed E-state index contributed by atoms with van der Waals surface area (Å²) in [6.07, 6.45) is -3.62. The number of aliphatic hydroxyl groups is 3. The van der Waals surface area contributed by atoms with Crippen LogP contribution < -0.4 is 4.74 Å². The van der Waals surface area contributed by atoms with E-state index in [9.17, 15) is 10.2 Å². The fraction of sp³-hybridized carbons (Fsp3) is 0.500. The summed E-state index contributed by atoms with van der Waals surface area (Å²) >= 11 is 0. The van der Waals surface area contributed by atoms with E-state index in [4.69, 9.17) is 19.7 Å². The molecule has 4 atom stereocenters. The van der Waals surface area contributed by atoms with E-state index >= 15 is 0 Å². The van der Waals surface area contributed by atoms with Crippen LogP contribution in [0.4, 0.5) is 0 Å². The van der Waals surface area contributed by atoms with Crippen molar-refractivity contribution in [2.45, 2.75) is 31.0 Å². The minimum absolute atomic E-state index is 0.110. The van der Waals surface area contributed by atoms with Crippen molar-refractivity contribution in [1.29, 1.82) is 0 Å². The molecule has 0 radical (unpaired) electrons. The number of benzene rings is 1. The summed E-state index contributed by atoms with van der Waals surface area (Å²) in [6.45, 7) is -0.395. The summed E-state index contributed by atoms with van der Waals surface area (Å²) in [5, 5.41) is 37.3. The van der Waals surface area contributed by atoms with Crippen molar-refractivity contribution in [2.75, 3.05) is 6.61 Å². The highest BCUT2D eigenvalue weighted by Crippen LogP contribution is 2.24. The molecule has 0 saturated carbocycles. The molecule has 0 amide bonds. The minimum atomic E-state index is -1.12. The maximum Gasteiger partial charge on any atom is 0.202 e. The molecule has 18 heavy (non-hydrogen) atoms. The Balaban J connectivity index is 1.99. The highest BCUT2D eigenvalue weighted by Gasteiger charge is 2.37. The third-order valence-corrected chi connectivity index (χ3v) is 2.82. The van der Waals surface area contributed by atoms with Crippen molar-refractivity contribution in [3.63, 3.8) is 0 Å². The number of aliphatic hydroxyl groups excluding tert-OH is 3. The quantitative estimate of drug-likeness (QED) is 0.587. The number of phenolic OH excluding ortho intramolecular Hbond substituents is 1. The smallest absolute Gasteiger partial charge is 0.202 e. The third kappa shape index (κ3) is 2.91. The molecule has 0 spiro atoms. The van der Waals surface area contributed by atoms with Crippen molar-refractivity contribution >= 4 is 0 Å². The van der Waals surface area contributed by atoms with Gasteiger partial charge in [-0.25, -0.2) is 0 Å². The van der Waals surface area contributed by atoms with Crippen LogP contribution in [0.5, 0.6) is 11.5 Å². The first-order chi connectivity index (χ1) is 8.60.